The summed E-state index contributed by atoms with van der Waals surface area (Å²) in [7, 11) is -2.82. The minimum absolute atomic E-state index is 0.0334. The van der Waals surface area contributed by atoms with E-state index in [4.69, 9.17) is 15.9 Å². The van der Waals surface area contributed by atoms with Crippen LogP contribution in [0.2, 0.25) is 0 Å². The van der Waals surface area contributed by atoms with Crippen LogP contribution in [0.5, 0.6) is 5.75 Å². The van der Waals surface area contributed by atoms with Crippen LogP contribution < -0.4 is 10.5 Å². The molecule has 0 amide bonds. The van der Waals surface area contributed by atoms with Crippen LogP contribution in [0.4, 0.5) is 0 Å². The summed E-state index contributed by atoms with van der Waals surface area (Å²) in [6.07, 6.45) is 0. The van der Waals surface area contributed by atoms with Gasteiger partial charge in [-0.15, -0.1) is 0 Å². The van der Waals surface area contributed by atoms with Crippen molar-refractivity contribution in [3.63, 3.8) is 0 Å². The molecule has 0 spiro atoms. The average Bonchev–Trinajstić information content (AvgIpc) is 2.41. The molecule has 0 aliphatic carbocycles. The van der Waals surface area contributed by atoms with Gasteiger partial charge in [0, 0.05) is 25.2 Å². The minimum Gasteiger partial charge on any atom is -0.492 e. The van der Waals surface area contributed by atoms with E-state index in [9.17, 15) is 8.42 Å². The molecule has 1 aromatic rings. The van der Waals surface area contributed by atoms with Crippen molar-refractivity contribution in [3.05, 3.63) is 29.8 Å². The number of ether oxygens (including phenoxy) is 1. The Balaban J connectivity index is 1.75. The minimum atomic E-state index is -2.82. The second kappa shape index (κ2) is 6.23. The van der Waals surface area contributed by atoms with E-state index in [1.54, 1.807) is 24.3 Å². The number of rotatable bonds is 5. The third kappa shape index (κ3) is 4.21. The first-order chi connectivity index (χ1) is 9.46. The highest BCUT2D eigenvalue weighted by atomic mass is 32.2. The zero-order valence-electron chi connectivity index (χ0n) is 11.2. The lowest BCUT2D eigenvalue weighted by Crippen LogP contribution is -2.42. The van der Waals surface area contributed by atoms with Crippen molar-refractivity contribution >= 4 is 15.7 Å². The lowest BCUT2D eigenvalue weighted by Gasteiger charge is -2.26. The van der Waals surface area contributed by atoms with E-state index in [1.807, 2.05) is 0 Å². The summed E-state index contributed by atoms with van der Waals surface area (Å²) < 4.78 is 28.2. The Hall–Kier alpha value is -1.60. The molecule has 0 aromatic heterocycles. The lowest BCUT2D eigenvalue weighted by molar-refractivity contribution is 0.219. The molecule has 1 aliphatic rings. The predicted molar refractivity (Wildman–Crippen MR) is 78.0 cm³/mol. The van der Waals surface area contributed by atoms with E-state index in [0.29, 0.717) is 31.8 Å². The van der Waals surface area contributed by atoms with E-state index in [2.05, 4.69) is 4.90 Å². The number of amidine groups is 1. The standard InChI is InChI=1S/C13H19N3O3S/c14-13(15)11-1-3-12(4-2-11)19-8-5-16-6-9-20(17,18)10-7-16/h1-4H,5-10H2,(H3,14,15). The van der Waals surface area contributed by atoms with Gasteiger partial charge in [0.05, 0.1) is 11.5 Å². The molecule has 3 N–H and O–H groups in total. The van der Waals surface area contributed by atoms with Crippen molar-refractivity contribution < 1.29 is 13.2 Å². The summed E-state index contributed by atoms with van der Waals surface area (Å²) in [6.45, 7) is 2.38. The summed E-state index contributed by atoms with van der Waals surface area (Å²) in [5.41, 5.74) is 6.04. The van der Waals surface area contributed by atoms with Crippen LogP contribution in [-0.4, -0.2) is 56.9 Å². The molecular formula is C13H19N3O3S. The van der Waals surface area contributed by atoms with Crippen LogP contribution in [0.3, 0.4) is 0 Å². The quantitative estimate of drug-likeness (QED) is 0.592. The molecule has 1 aromatic carbocycles. The molecule has 1 aliphatic heterocycles. The zero-order valence-corrected chi connectivity index (χ0v) is 12.0. The Labute approximate surface area is 119 Å². The molecule has 2 rings (SSSR count). The second-order valence-corrected chi connectivity index (χ2v) is 7.08. The SMILES string of the molecule is N=C(N)c1ccc(OCCN2CCS(=O)(=O)CC2)cc1. The molecule has 1 heterocycles. The average molecular weight is 297 g/mol. The first kappa shape index (κ1) is 14.8. The van der Waals surface area contributed by atoms with Gasteiger partial charge in [0.15, 0.2) is 9.84 Å². The van der Waals surface area contributed by atoms with Crippen molar-refractivity contribution in [1.82, 2.24) is 4.90 Å². The number of hydrogen-bond acceptors (Lipinski definition) is 5. The Morgan fingerprint density at radius 2 is 1.85 bits per heavy atom. The summed E-state index contributed by atoms with van der Waals surface area (Å²) in [5, 5.41) is 7.29. The Morgan fingerprint density at radius 3 is 2.40 bits per heavy atom. The molecule has 0 atom stereocenters. The van der Waals surface area contributed by atoms with Crippen LogP contribution >= 0.6 is 0 Å². The fourth-order valence-corrected chi connectivity index (χ4v) is 3.27. The van der Waals surface area contributed by atoms with Crippen molar-refractivity contribution in [2.45, 2.75) is 0 Å². The third-order valence-electron chi connectivity index (χ3n) is 3.28. The lowest BCUT2D eigenvalue weighted by atomic mass is 10.2. The van der Waals surface area contributed by atoms with Gasteiger partial charge in [0.2, 0.25) is 0 Å². The maximum Gasteiger partial charge on any atom is 0.152 e. The molecule has 20 heavy (non-hydrogen) atoms. The highest BCUT2D eigenvalue weighted by Crippen LogP contribution is 2.12. The number of nitrogen functional groups attached to an aromatic ring is 1. The van der Waals surface area contributed by atoms with Crippen LogP contribution in [0.1, 0.15) is 5.56 Å². The van der Waals surface area contributed by atoms with Crippen molar-refractivity contribution in [1.29, 1.82) is 5.41 Å². The van der Waals surface area contributed by atoms with Crippen LogP contribution in [0.25, 0.3) is 0 Å². The number of nitrogens with two attached hydrogens (primary N) is 1. The molecule has 0 radical (unpaired) electrons. The molecule has 7 heteroatoms. The fourth-order valence-electron chi connectivity index (χ4n) is 2.00. The smallest absolute Gasteiger partial charge is 0.152 e. The topological polar surface area (TPSA) is 96.5 Å². The highest BCUT2D eigenvalue weighted by molar-refractivity contribution is 7.91. The first-order valence-corrected chi connectivity index (χ1v) is 8.28. The van der Waals surface area contributed by atoms with Gasteiger partial charge in [0.1, 0.15) is 18.2 Å². The van der Waals surface area contributed by atoms with Gasteiger partial charge in [-0.25, -0.2) is 8.42 Å². The Bertz CT molecular complexity index is 555. The predicted octanol–water partition coefficient (Wildman–Crippen LogP) is 0.0799. The Morgan fingerprint density at radius 1 is 1.25 bits per heavy atom. The van der Waals surface area contributed by atoms with Gasteiger partial charge in [-0.2, -0.15) is 0 Å². The van der Waals surface area contributed by atoms with Crippen LogP contribution in [0.15, 0.2) is 24.3 Å². The van der Waals surface area contributed by atoms with Gasteiger partial charge in [-0.05, 0) is 24.3 Å². The number of nitrogens with zero attached hydrogens (tertiary/aromatic N) is 1. The second-order valence-electron chi connectivity index (χ2n) is 4.78. The molecule has 1 saturated heterocycles. The van der Waals surface area contributed by atoms with E-state index in [-0.39, 0.29) is 17.3 Å². The molecule has 110 valence electrons. The van der Waals surface area contributed by atoms with Crippen molar-refractivity contribution in [2.75, 3.05) is 37.7 Å². The number of hydrogen-bond donors (Lipinski definition) is 2. The molecule has 0 saturated carbocycles. The maximum absolute atomic E-state index is 11.3. The van der Waals surface area contributed by atoms with Gasteiger partial charge in [-0.1, -0.05) is 0 Å². The normalized spacial score (nSPS) is 18.6. The molecule has 1 fully saturated rings. The number of sulfone groups is 1. The molecule has 0 unspecified atom stereocenters. The van der Waals surface area contributed by atoms with Crippen LogP contribution in [-0.2, 0) is 9.84 Å². The molecular weight excluding hydrogens is 278 g/mol. The van der Waals surface area contributed by atoms with Crippen molar-refractivity contribution in [3.8, 4) is 5.75 Å². The fraction of sp³-hybridized carbons (Fsp3) is 0.462. The summed E-state index contributed by atoms with van der Waals surface area (Å²) in [4.78, 5) is 2.09. The Kier molecular flexibility index (Phi) is 4.61. The van der Waals surface area contributed by atoms with Crippen LogP contribution in [0, 0.1) is 5.41 Å². The number of benzene rings is 1. The largest absolute Gasteiger partial charge is 0.492 e. The molecule has 0 bridgehead atoms. The van der Waals surface area contributed by atoms with Crippen molar-refractivity contribution in [2.24, 2.45) is 5.73 Å². The van der Waals surface area contributed by atoms with Gasteiger partial charge >= 0.3 is 0 Å². The highest BCUT2D eigenvalue weighted by Gasteiger charge is 2.20. The van der Waals surface area contributed by atoms with Gasteiger partial charge < -0.3 is 10.5 Å². The van der Waals surface area contributed by atoms with E-state index in [0.717, 1.165) is 5.75 Å². The van der Waals surface area contributed by atoms with Gasteiger partial charge in [-0.3, -0.25) is 10.3 Å². The number of nitrogens with one attached hydrogen (secondary N) is 1. The van der Waals surface area contributed by atoms with E-state index in [1.165, 1.54) is 0 Å². The summed E-state index contributed by atoms with van der Waals surface area (Å²) >= 11 is 0. The van der Waals surface area contributed by atoms with E-state index >= 15 is 0 Å². The summed E-state index contributed by atoms with van der Waals surface area (Å²) in [5.74, 6) is 1.23. The monoisotopic (exact) mass is 297 g/mol. The van der Waals surface area contributed by atoms with Gasteiger partial charge in [0.25, 0.3) is 0 Å². The molecule has 6 nitrogen and oxygen atoms in total. The third-order valence-corrected chi connectivity index (χ3v) is 4.89. The first-order valence-electron chi connectivity index (χ1n) is 6.46. The maximum atomic E-state index is 11.3. The zero-order chi connectivity index (χ0) is 14.6. The van der Waals surface area contributed by atoms with E-state index < -0.39 is 9.84 Å². The summed E-state index contributed by atoms with van der Waals surface area (Å²) in [6, 6.07) is 7.03.